The quantitative estimate of drug-likeness (QED) is 0.822. The largest absolute Gasteiger partial charge is 0.355 e. The van der Waals surface area contributed by atoms with Gasteiger partial charge in [0.15, 0.2) is 0 Å². The molecular formula is C22H30N4S. The third-order valence-electron chi connectivity index (χ3n) is 6.51. The van der Waals surface area contributed by atoms with E-state index in [-0.39, 0.29) is 0 Å². The normalized spacial score (nSPS) is 21.7. The van der Waals surface area contributed by atoms with Gasteiger partial charge in [-0.3, -0.25) is 0 Å². The van der Waals surface area contributed by atoms with Gasteiger partial charge in [-0.25, -0.2) is 9.97 Å². The molecule has 1 aliphatic heterocycles. The molecule has 2 aliphatic rings. The fourth-order valence-corrected chi connectivity index (χ4v) is 5.53. The number of rotatable bonds is 5. The zero-order valence-electron chi connectivity index (χ0n) is 16.4. The number of aryl methyl sites for hydroxylation is 1. The van der Waals surface area contributed by atoms with Gasteiger partial charge in [0.25, 0.3) is 0 Å². The molecule has 2 aromatic rings. The van der Waals surface area contributed by atoms with Gasteiger partial charge in [-0.05, 0) is 62.3 Å². The van der Waals surface area contributed by atoms with Gasteiger partial charge in [-0.1, -0.05) is 37.2 Å². The van der Waals surface area contributed by atoms with E-state index in [0.29, 0.717) is 11.5 Å². The van der Waals surface area contributed by atoms with E-state index >= 15 is 0 Å². The van der Waals surface area contributed by atoms with Crippen LogP contribution in [-0.2, 0) is 6.42 Å². The first-order valence-corrected chi connectivity index (χ1v) is 11.1. The minimum Gasteiger partial charge on any atom is -0.355 e. The zero-order chi connectivity index (χ0) is 18.7. The van der Waals surface area contributed by atoms with Gasteiger partial charge in [-0.15, -0.1) is 0 Å². The lowest BCUT2D eigenvalue weighted by atomic mass is 9.74. The van der Waals surface area contributed by atoms with Crippen molar-refractivity contribution in [3.05, 3.63) is 42.2 Å². The number of anilines is 1. The van der Waals surface area contributed by atoms with Crippen LogP contribution in [0.2, 0.25) is 0 Å². The molecule has 1 aromatic carbocycles. The van der Waals surface area contributed by atoms with Crippen molar-refractivity contribution >= 4 is 17.6 Å². The molecule has 2 fully saturated rings. The fourth-order valence-electron chi connectivity index (χ4n) is 4.81. The summed E-state index contributed by atoms with van der Waals surface area (Å²) in [5.74, 6) is 1.02. The van der Waals surface area contributed by atoms with Crippen LogP contribution in [0, 0.1) is 5.41 Å². The Morgan fingerprint density at radius 3 is 2.52 bits per heavy atom. The molecule has 1 saturated heterocycles. The van der Waals surface area contributed by atoms with E-state index in [0.717, 1.165) is 30.4 Å². The zero-order valence-corrected chi connectivity index (χ0v) is 17.3. The van der Waals surface area contributed by atoms with Crippen molar-refractivity contribution < 1.29 is 0 Å². The van der Waals surface area contributed by atoms with Crippen molar-refractivity contribution in [1.29, 1.82) is 0 Å². The molecule has 0 radical (unpaired) electrons. The number of piperidine rings is 1. The summed E-state index contributed by atoms with van der Waals surface area (Å²) in [7, 11) is 2.13. The van der Waals surface area contributed by atoms with E-state index in [9.17, 15) is 0 Å². The second kappa shape index (κ2) is 8.19. The number of aromatic nitrogens is 2. The lowest BCUT2D eigenvalue weighted by Crippen LogP contribution is -2.48. The van der Waals surface area contributed by atoms with E-state index in [2.05, 4.69) is 53.4 Å². The van der Waals surface area contributed by atoms with Gasteiger partial charge < -0.3 is 10.2 Å². The Balaban J connectivity index is 1.36. The highest BCUT2D eigenvalue weighted by Gasteiger charge is 2.44. The minimum absolute atomic E-state index is 0.513. The molecule has 2 heterocycles. The molecule has 1 aromatic heterocycles. The summed E-state index contributed by atoms with van der Waals surface area (Å²) >= 11 is 1.68. The second-order valence-corrected chi connectivity index (χ2v) is 8.99. The molecule has 4 rings (SSSR count). The summed E-state index contributed by atoms with van der Waals surface area (Å²) in [4.78, 5) is 13.0. The highest BCUT2D eigenvalue weighted by atomic mass is 32.2. The molecule has 27 heavy (non-hydrogen) atoms. The van der Waals surface area contributed by atoms with Gasteiger partial charge in [-0.2, -0.15) is 0 Å². The molecule has 1 saturated carbocycles. The van der Waals surface area contributed by atoms with Crippen LogP contribution < -0.4 is 10.2 Å². The topological polar surface area (TPSA) is 41.1 Å². The van der Waals surface area contributed by atoms with E-state index < -0.39 is 0 Å². The molecule has 0 bridgehead atoms. The molecule has 144 valence electrons. The lowest BCUT2D eigenvalue weighted by Gasteiger charge is -2.43. The van der Waals surface area contributed by atoms with E-state index in [1.54, 1.807) is 11.8 Å². The molecule has 0 amide bonds. The summed E-state index contributed by atoms with van der Waals surface area (Å²) in [5, 5.41) is 4.53. The Bertz CT molecular complexity index is 736. The Labute approximate surface area is 167 Å². The van der Waals surface area contributed by atoms with Crippen LogP contribution in [0.25, 0.3) is 0 Å². The predicted octanol–water partition coefficient (Wildman–Crippen LogP) is 4.55. The monoisotopic (exact) mass is 382 g/mol. The molecular weight excluding hydrogens is 352 g/mol. The standard InChI is InChI=1S/C22H30N4S/c1-3-17-6-8-18(9-7-17)27-21-16-24-20(15-25-21)26-13-11-22(12-14-26)10-4-5-19(22)23-2/h6-9,15-16,19,23H,3-5,10-14H2,1-2H3/t19-/m1/s1. The second-order valence-electron chi connectivity index (χ2n) is 7.90. The SMILES string of the molecule is CCc1ccc(Sc2cnc(N3CCC4(CCC[C@H]4NC)CC3)cn2)cc1. The van der Waals surface area contributed by atoms with Crippen LogP contribution in [0.15, 0.2) is 46.6 Å². The molecule has 1 atom stereocenters. The first-order valence-electron chi connectivity index (χ1n) is 10.2. The number of nitrogens with zero attached hydrogens (tertiary/aromatic N) is 3. The summed E-state index contributed by atoms with van der Waals surface area (Å²) in [6, 6.07) is 9.42. The van der Waals surface area contributed by atoms with Crippen LogP contribution in [-0.4, -0.2) is 36.1 Å². The number of benzene rings is 1. The Hall–Kier alpha value is -1.59. The smallest absolute Gasteiger partial charge is 0.147 e. The average molecular weight is 383 g/mol. The van der Waals surface area contributed by atoms with Gasteiger partial charge in [0.2, 0.25) is 0 Å². The number of nitrogens with one attached hydrogen (secondary N) is 1. The van der Waals surface area contributed by atoms with Crippen LogP contribution in [0.5, 0.6) is 0 Å². The third kappa shape index (κ3) is 3.99. The molecule has 1 aliphatic carbocycles. The van der Waals surface area contributed by atoms with Crippen molar-refractivity contribution in [1.82, 2.24) is 15.3 Å². The first-order chi connectivity index (χ1) is 13.2. The minimum atomic E-state index is 0.513. The number of hydrogen-bond donors (Lipinski definition) is 1. The van der Waals surface area contributed by atoms with Crippen LogP contribution in [0.4, 0.5) is 5.82 Å². The van der Waals surface area contributed by atoms with Gasteiger partial charge in [0.05, 0.1) is 12.4 Å². The maximum absolute atomic E-state index is 4.71. The Morgan fingerprint density at radius 2 is 1.89 bits per heavy atom. The highest BCUT2D eigenvalue weighted by molar-refractivity contribution is 7.99. The number of hydrogen-bond acceptors (Lipinski definition) is 5. The lowest BCUT2D eigenvalue weighted by molar-refractivity contribution is 0.178. The van der Waals surface area contributed by atoms with Crippen molar-refractivity contribution in [3.8, 4) is 0 Å². The molecule has 4 nitrogen and oxygen atoms in total. The van der Waals surface area contributed by atoms with Crippen molar-refractivity contribution in [2.45, 2.75) is 61.4 Å². The summed E-state index contributed by atoms with van der Waals surface area (Å²) in [6.07, 6.45) is 11.6. The maximum Gasteiger partial charge on any atom is 0.147 e. The fraction of sp³-hybridized carbons (Fsp3) is 0.545. The van der Waals surface area contributed by atoms with Crippen LogP contribution in [0.1, 0.15) is 44.6 Å². The maximum atomic E-state index is 4.71. The molecule has 5 heteroatoms. The van der Waals surface area contributed by atoms with Gasteiger partial charge >= 0.3 is 0 Å². The Morgan fingerprint density at radius 1 is 1.11 bits per heavy atom. The van der Waals surface area contributed by atoms with Crippen molar-refractivity contribution in [2.24, 2.45) is 5.41 Å². The van der Waals surface area contributed by atoms with Crippen LogP contribution in [0.3, 0.4) is 0 Å². The van der Waals surface area contributed by atoms with Crippen molar-refractivity contribution in [2.75, 3.05) is 25.0 Å². The summed E-state index contributed by atoms with van der Waals surface area (Å²) < 4.78 is 0. The predicted molar refractivity (Wildman–Crippen MR) is 113 cm³/mol. The van der Waals surface area contributed by atoms with E-state index in [1.807, 2.05) is 12.4 Å². The van der Waals surface area contributed by atoms with Crippen LogP contribution >= 0.6 is 11.8 Å². The third-order valence-corrected chi connectivity index (χ3v) is 7.43. The van der Waals surface area contributed by atoms with E-state index in [4.69, 9.17) is 4.98 Å². The van der Waals surface area contributed by atoms with Gasteiger partial charge in [0, 0.05) is 24.0 Å². The summed E-state index contributed by atoms with van der Waals surface area (Å²) in [5.41, 5.74) is 1.88. The first kappa shape index (κ1) is 18.8. The van der Waals surface area contributed by atoms with E-state index in [1.165, 1.54) is 42.6 Å². The summed E-state index contributed by atoms with van der Waals surface area (Å²) in [6.45, 7) is 4.37. The Kier molecular flexibility index (Phi) is 5.69. The average Bonchev–Trinajstić information content (AvgIpc) is 3.12. The van der Waals surface area contributed by atoms with Gasteiger partial charge in [0.1, 0.15) is 10.8 Å². The molecule has 1 N–H and O–H groups in total. The molecule has 0 unspecified atom stereocenters. The molecule has 1 spiro atoms. The van der Waals surface area contributed by atoms with Crippen molar-refractivity contribution in [3.63, 3.8) is 0 Å². The highest BCUT2D eigenvalue weighted by Crippen LogP contribution is 2.46.